The molecule has 5 heteroatoms. The maximum Gasteiger partial charge on any atom is 0.129 e. The van der Waals surface area contributed by atoms with Gasteiger partial charge in [-0.3, -0.25) is 0 Å². The van der Waals surface area contributed by atoms with Gasteiger partial charge in [-0.05, 0) is 18.2 Å². The Kier molecular flexibility index (Phi) is 2.68. The van der Waals surface area contributed by atoms with Gasteiger partial charge in [-0.2, -0.15) is 0 Å². The van der Waals surface area contributed by atoms with E-state index in [1.54, 1.807) is 24.7 Å². The van der Waals surface area contributed by atoms with Gasteiger partial charge in [0.1, 0.15) is 16.3 Å². The molecule has 1 N–H and O–H groups in total. The third-order valence-corrected chi connectivity index (χ3v) is 3.74. The van der Waals surface area contributed by atoms with E-state index in [2.05, 4.69) is 9.97 Å². The summed E-state index contributed by atoms with van der Waals surface area (Å²) in [6.45, 7) is 0. The van der Waals surface area contributed by atoms with Gasteiger partial charge in [-0.15, -0.1) is 0 Å². The van der Waals surface area contributed by atoms with E-state index >= 15 is 0 Å². The molecule has 0 amide bonds. The Bertz CT molecular complexity index is 708. The Morgan fingerprint density at radius 2 is 2.00 bits per heavy atom. The number of nitrogens with zero attached hydrogens (tertiary/aromatic N) is 3. The highest BCUT2D eigenvalue weighted by atomic mass is 32.2. The van der Waals surface area contributed by atoms with Crippen LogP contribution in [-0.2, 0) is 7.05 Å². The number of rotatable bonds is 2. The molecule has 0 unspecified atom stereocenters. The van der Waals surface area contributed by atoms with E-state index in [0.717, 1.165) is 21.0 Å². The molecule has 0 bridgehead atoms. The lowest BCUT2D eigenvalue weighted by Gasteiger charge is -2.04. The summed E-state index contributed by atoms with van der Waals surface area (Å²) in [6, 6.07) is 9.15. The largest absolute Gasteiger partial charge is 0.507 e. The van der Waals surface area contributed by atoms with Crippen molar-refractivity contribution in [1.82, 2.24) is 14.5 Å². The van der Waals surface area contributed by atoms with Crippen molar-refractivity contribution < 1.29 is 5.11 Å². The molecular formula is C13H11N3OS. The second kappa shape index (κ2) is 4.34. The third kappa shape index (κ3) is 1.82. The number of hydrogen-bond donors (Lipinski definition) is 1. The second-order valence-corrected chi connectivity index (χ2v) is 4.94. The normalized spacial score (nSPS) is 10.9. The van der Waals surface area contributed by atoms with Gasteiger partial charge in [0.2, 0.25) is 0 Å². The maximum absolute atomic E-state index is 9.77. The van der Waals surface area contributed by atoms with Crippen LogP contribution < -0.4 is 0 Å². The number of imidazole rings is 1. The van der Waals surface area contributed by atoms with Gasteiger partial charge in [0, 0.05) is 13.2 Å². The van der Waals surface area contributed by atoms with Gasteiger partial charge in [-0.25, -0.2) is 9.97 Å². The summed E-state index contributed by atoms with van der Waals surface area (Å²) in [5.41, 5.74) is 1.89. The van der Waals surface area contributed by atoms with Crippen LogP contribution in [0.25, 0.3) is 11.0 Å². The fraction of sp³-hybridized carbons (Fsp3) is 0.0769. The Labute approximate surface area is 108 Å². The average molecular weight is 257 g/mol. The number of para-hydroxylation sites is 1. The predicted molar refractivity (Wildman–Crippen MR) is 70.7 cm³/mol. The molecule has 0 spiro atoms. The first kappa shape index (κ1) is 11.1. The molecule has 0 aliphatic heterocycles. The summed E-state index contributed by atoms with van der Waals surface area (Å²) >= 11 is 1.42. The van der Waals surface area contributed by atoms with Crippen molar-refractivity contribution >= 4 is 22.8 Å². The van der Waals surface area contributed by atoms with Crippen LogP contribution in [0.3, 0.4) is 0 Å². The summed E-state index contributed by atoms with van der Waals surface area (Å²) in [5.74, 6) is 0.261. The second-order valence-electron chi connectivity index (χ2n) is 3.91. The molecule has 0 atom stereocenters. The molecule has 3 rings (SSSR count). The van der Waals surface area contributed by atoms with Gasteiger partial charge in [0.25, 0.3) is 0 Å². The molecule has 0 saturated carbocycles. The average Bonchev–Trinajstić information content (AvgIpc) is 2.76. The van der Waals surface area contributed by atoms with E-state index < -0.39 is 0 Å². The van der Waals surface area contributed by atoms with E-state index in [0.29, 0.717) is 0 Å². The topological polar surface area (TPSA) is 50.9 Å². The molecule has 2 heterocycles. The molecule has 90 valence electrons. The number of pyridine rings is 1. The lowest BCUT2D eigenvalue weighted by molar-refractivity contribution is 0.462. The lowest BCUT2D eigenvalue weighted by atomic mass is 10.3. The van der Waals surface area contributed by atoms with E-state index in [1.807, 2.05) is 29.8 Å². The number of fused-ring (bicyclic) bond motifs is 1. The predicted octanol–water partition coefficient (Wildman–Crippen LogP) is 2.83. The zero-order chi connectivity index (χ0) is 12.5. The number of aromatic hydroxyl groups is 1. The quantitative estimate of drug-likeness (QED) is 0.767. The summed E-state index contributed by atoms with van der Waals surface area (Å²) < 4.78 is 1.95. The van der Waals surface area contributed by atoms with Crippen LogP contribution >= 0.6 is 11.8 Å². The van der Waals surface area contributed by atoms with Crippen molar-refractivity contribution in [2.75, 3.05) is 0 Å². The Hall–Kier alpha value is -2.01. The minimum Gasteiger partial charge on any atom is -0.507 e. The van der Waals surface area contributed by atoms with Gasteiger partial charge in [0.15, 0.2) is 0 Å². The van der Waals surface area contributed by atoms with Gasteiger partial charge < -0.3 is 9.67 Å². The fourth-order valence-electron chi connectivity index (χ4n) is 1.76. The highest BCUT2D eigenvalue weighted by Gasteiger charge is 2.10. The molecule has 4 nitrogen and oxygen atoms in total. The molecule has 3 aromatic rings. The zero-order valence-electron chi connectivity index (χ0n) is 9.74. The van der Waals surface area contributed by atoms with Crippen molar-refractivity contribution in [2.24, 2.45) is 7.05 Å². The van der Waals surface area contributed by atoms with E-state index in [1.165, 1.54) is 11.8 Å². The van der Waals surface area contributed by atoms with E-state index in [-0.39, 0.29) is 5.75 Å². The molecule has 1 aromatic carbocycles. The molecular weight excluding hydrogens is 246 g/mol. The van der Waals surface area contributed by atoms with Crippen LogP contribution in [0.1, 0.15) is 0 Å². The molecule has 2 aromatic heterocycles. The minimum absolute atomic E-state index is 0.261. The summed E-state index contributed by atoms with van der Waals surface area (Å²) in [5, 5.41) is 10.6. The smallest absolute Gasteiger partial charge is 0.129 e. The van der Waals surface area contributed by atoms with E-state index in [4.69, 9.17) is 0 Å². The van der Waals surface area contributed by atoms with Crippen molar-refractivity contribution in [3.05, 3.63) is 42.9 Å². The van der Waals surface area contributed by atoms with Crippen LogP contribution in [0, 0.1) is 0 Å². The van der Waals surface area contributed by atoms with Crippen molar-refractivity contribution in [1.29, 1.82) is 0 Å². The van der Waals surface area contributed by atoms with Gasteiger partial charge in [0.05, 0.1) is 16.7 Å². The highest BCUT2D eigenvalue weighted by molar-refractivity contribution is 7.99. The van der Waals surface area contributed by atoms with Crippen LogP contribution in [0.2, 0.25) is 0 Å². The number of aryl methyl sites for hydroxylation is 1. The SMILES string of the molecule is Cn1cnc2c(Sc3ccccc3O)nccc21. The minimum atomic E-state index is 0.261. The molecule has 0 aliphatic carbocycles. The fourth-order valence-corrected chi connectivity index (χ4v) is 2.66. The molecule has 0 aliphatic rings. The van der Waals surface area contributed by atoms with Crippen molar-refractivity contribution in [3.63, 3.8) is 0 Å². The number of hydrogen-bond acceptors (Lipinski definition) is 4. The number of phenols is 1. The maximum atomic E-state index is 9.77. The highest BCUT2D eigenvalue weighted by Crippen LogP contribution is 2.35. The monoisotopic (exact) mass is 257 g/mol. The Morgan fingerprint density at radius 1 is 1.17 bits per heavy atom. The lowest BCUT2D eigenvalue weighted by Crippen LogP contribution is -1.86. The van der Waals surface area contributed by atoms with Crippen LogP contribution in [0.4, 0.5) is 0 Å². The summed E-state index contributed by atoms with van der Waals surface area (Å²) in [7, 11) is 1.95. The van der Waals surface area contributed by atoms with E-state index in [9.17, 15) is 5.11 Å². The standard InChI is InChI=1S/C13H11N3OS/c1-16-8-15-12-9(16)6-7-14-13(12)18-11-5-3-2-4-10(11)17/h2-8,17H,1H3. The van der Waals surface area contributed by atoms with Gasteiger partial charge >= 0.3 is 0 Å². The van der Waals surface area contributed by atoms with Crippen LogP contribution in [-0.4, -0.2) is 19.6 Å². The number of phenolic OH excluding ortho intramolecular Hbond substituents is 1. The number of aromatic nitrogens is 3. The summed E-state index contributed by atoms with van der Waals surface area (Å²) in [4.78, 5) is 9.46. The molecule has 18 heavy (non-hydrogen) atoms. The first-order valence-corrected chi connectivity index (χ1v) is 6.29. The first-order chi connectivity index (χ1) is 8.75. The summed E-state index contributed by atoms with van der Waals surface area (Å²) in [6.07, 6.45) is 3.52. The van der Waals surface area contributed by atoms with Crippen LogP contribution in [0.15, 0.2) is 52.8 Å². The third-order valence-electron chi connectivity index (χ3n) is 2.68. The molecule has 0 radical (unpaired) electrons. The van der Waals surface area contributed by atoms with Gasteiger partial charge in [-0.1, -0.05) is 23.9 Å². The zero-order valence-corrected chi connectivity index (χ0v) is 10.6. The molecule has 0 saturated heterocycles. The Morgan fingerprint density at radius 3 is 2.83 bits per heavy atom. The number of benzene rings is 1. The van der Waals surface area contributed by atoms with Crippen molar-refractivity contribution in [2.45, 2.75) is 9.92 Å². The van der Waals surface area contributed by atoms with Crippen LogP contribution in [0.5, 0.6) is 5.75 Å². The first-order valence-electron chi connectivity index (χ1n) is 5.47. The molecule has 0 fully saturated rings. The van der Waals surface area contributed by atoms with Crippen molar-refractivity contribution in [3.8, 4) is 5.75 Å². The Balaban J connectivity index is 2.08.